The summed E-state index contributed by atoms with van der Waals surface area (Å²) in [5.41, 5.74) is 0. The van der Waals surface area contributed by atoms with Crippen molar-refractivity contribution in [2.45, 2.75) is 6.92 Å². The Hall–Kier alpha value is 2.02. The third kappa shape index (κ3) is 71.2. The van der Waals surface area contributed by atoms with Gasteiger partial charge in [-0.2, -0.15) is 0 Å². The van der Waals surface area contributed by atoms with Crippen molar-refractivity contribution in [3.8, 4) is 0 Å². The number of carbonyl (C=O) groups is 1. The van der Waals surface area contributed by atoms with Crippen LogP contribution in [-0.2, 0) is 4.79 Å². The predicted molar refractivity (Wildman–Crippen MR) is 29.6 cm³/mol. The van der Waals surface area contributed by atoms with Crippen molar-refractivity contribution < 1.29 is 43.7 Å². The molecule has 0 aliphatic heterocycles. The molecule has 5 heteroatoms. The fourth-order valence-corrected chi connectivity index (χ4v) is 0. The van der Waals surface area contributed by atoms with Crippen molar-refractivity contribution in [1.29, 1.82) is 0 Å². The molecule has 0 saturated heterocycles. The molecule has 0 aliphatic carbocycles. The van der Waals surface area contributed by atoms with Crippen molar-refractivity contribution in [2.24, 2.45) is 0 Å². The van der Waals surface area contributed by atoms with E-state index >= 15 is 0 Å². The van der Waals surface area contributed by atoms with E-state index in [9.17, 15) is 0 Å². The smallest absolute Gasteiger partial charge is 1.00 e. The predicted octanol–water partition coefficient (Wildman–Crippen LogP) is -2.53. The van der Waals surface area contributed by atoms with E-state index < -0.39 is 5.97 Å². The van der Waals surface area contributed by atoms with Crippen LogP contribution < -0.4 is 29.6 Å². The summed E-state index contributed by atoms with van der Waals surface area (Å²) in [6.45, 7) is 1.08. The van der Waals surface area contributed by atoms with E-state index in [1.807, 2.05) is 0 Å². The fourth-order valence-electron chi connectivity index (χ4n) is 0. The molecule has 1 N–H and O–H groups in total. The van der Waals surface area contributed by atoms with E-state index in [0.717, 1.165) is 6.92 Å². The molecule has 0 saturated carbocycles. The van der Waals surface area contributed by atoms with E-state index in [-0.39, 0.29) is 84.0 Å². The summed E-state index contributed by atoms with van der Waals surface area (Å²) in [5, 5.41) is 7.42. The molecule has 0 aromatic carbocycles. The number of halogens is 1. The largest absolute Gasteiger partial charge is 2.00 e. The van der Waals surface area contributed by atoms with Crippen molar-refractivity contribution in [1.82, 2.24) is 0 Å². The Morgan fingerprint density at radius 3 is 1.71 bits per heavy atom. The van der Waals surface area contributed by atoms with Gasteiger partial charge in [0.2, 0.25) is 0 Å². The van der Waals surface area contributed by atoms with Crippen LogP contribution in [0, 0.1) is 0 Å². The summed E-state index contributed by atoms with van der Waals surface area (Å²) < 4.78 is 0. The van der Waals surface area contributed by atoms with Gasteiger partial charge in [0.15, 0.2) is 0 Å². The molecule has 0 radical (unpaired) electrons. The topological polar surface area (TPSA) is 37.3 Å². The maximum atomic E-state index is 9.00. The molecular weight excluding hydrogens is 155 g/mol. The van der Waals surface area contributed by atoms with Crippen LogP contribution in [0.25, 0.3) is 0 Å². The minimum absolute atomic E-state index is 0. The van der Waals surface area contributed by atoms with Crippen molar-refractivity contribution in [2.75, 3.05) is 0 Å². The van der Waals surface area contributed by atoms with E-state index in [4.69, 9.17) is 9.90 Å². The minimum Gasteiger partial charge on any atom is -1.00 e. The first kappa shape index (κ1) is 23.0. The average molecular weight is 163 g/mol. The molecule has 0 aromatic heterocycles. The van der Waals surface area contributed by atoms with Crippen LogP contribution in [0.15, 0.2) is 0 Å². The van der Waals surface area contributed by atoms with Gasteiger partial charge in [-0.15, -0.1) is 12.4 Å². The van der Waals surface area contributed by atoms with E-state index in [1.165, 1.54) is 0 Å². The number of hydrogen-bond donors (Lipinski definition) is 1. The summed E-state index contributed by atoms with van der Waals surface area (Å²) in [5.74, 6) is -0.833. The molecule has 0 amide bonds. The van der Waals surface area contributed by atoms with Crippen LogP contribution in [0.3, 0.4) is 0 Å². The van der Waals surface area contributed by atoms with Crippen LogP contribution in [-0.4, -0.2) is 48.8 Å². The van der Waals surface area contributed by atoms with Crippen LogP contribution >= 0.6 is 12.4 Å². The van der Waals surface area contributed by atoms with Crippen molar-refractivity contribution in [3.05, 3.63) is 0 Å². The first-order valence-corrected chi connectivity index (χ1v) is 0.928. The van der Waals surface area contributed by atoms with Crippen LogP contribution in [0.1, 0.15) is 11.2 Å². The number of carboxylic acid groups (broad SMARTS) is 1. The molecule has 0 aliphatic rings. The van der Waals surface area contributed by atoms with Crippen LogP contribution in [0.2, 0.25) is 0 Å². The van der Waals surface area contributed by atoms with Gasteiger partial charge in [-0.05, 0) is 0 Å². The van der Waals surface area contributed by atoms with Gasteiger partial charge in [0.25, 0.3) is 5.97 Å². The van der Waals surface area contributed by atoms with Gasteiger partial charge in [-0.3, -0.25) is 4.79 Å². The molecule has 38 valence electrons. The zero-order valence-corrected chi connectivity index (χ0v) is 9.50. The van der Waals surface area contributed by atoms with Crippen LogP contribution in [0.5, 0.6) is 0 Å². The maximum Gasteiger partial charge on any atom is 2.00 e. The Morgan fingerprint density at radius 2 is 1.71 bits per heavy atom. The van der Waals surface area contributed by atoms with Crippen molar-refractivity contribution >= 4 is 56.1 Å². The monoisotopic (exact) mass is 162 g/mol. The van der Waals surface area contributed by atoms with Crippen molar-refractivity contribution in [3.63, 3.8) is 0 Å². The molecule has 0 bridgehead atoms. The fraction of sp³-hybridized carbons (Fsp3) is 0.500. The van der Waals surface area contributed by atoms with Crippen LogP contribution in [0.4, 0.5) is 0 Å². The van der Waals surface area contributed by atoms with Gasteiger partial charge >= 0.3 is 67.3 Å². The summed E-state index contributed by atoms with van der Waals surface area (Å²) in [7, 11) is 0. The third-order valence-corrected chi connectivity index (χ3v) is 0. The Kier molecular flexibility index (Phi) is 51.6. The average Bonchev–Trinajstić information content (AvgIpc) is 0.811. The number of rotatable bonds is 0. The van der Waals surface area contributed by atoms with Gasteiger partial charge < -0.3 is 9.39 Å². The molecule has 0 rings (SSSR count). The Balaban J connectivity index is -0.00000000300. The number of aliphatic carboxylic acids is 1. The zero-order chi connectivity index (χ0) is 3.58. The van der Waals surface area contributed by atoms with E-state index in [1.54, 1.807) is 0 Å². The second-order valence-electron chi connectivity index (χ2n) is 0.519. The quantitative estimate of drug-likeness (QED) is 0.399. The molecule has 7 heavy (non-hydrogen) atoms. The molecule has 2 nitrogen and oxygen atoms in total. The molecular formula is C2H8CaClNaO2. The zero-order valence-electron chi connectivity index (χ0n) is 7.47. The minimum atomic E-state index is -0.833. The number of hydrogen-bond acceptors (Lipinski definition) is 1. The van der Waals surface area contributed by atoms with Gasteiger partial charge in [-0.25, -0.2) is 0 Å². The normalized spacial score (nSPS) is 3.57. The molecule has 0 atom stereocenters. The summed E-state index contributed by atoms with van der Waals surface area (Å²) in [6.07, 6.45) is 0. The maximum absolute atomic E-state index is 9.00. The second-order valence-corrected chi connectivity index (χ2v) is 0.519. The van der Waals surface area contributed by atoms with Gasteiger partial charge in [0.1, 0.15) is 0 Å². The molecule has 0 heterocycles. The molecule has 0 aromatic rings. The summed E-state index contributed by atoms with van der Waals surface area (Å²) in [6, 6.07) is 0. The summed E-state index contributed by atoms with van der Waals surface area (Å²) >= 11 is 0. The molecule has 0 fully saturated rings. The first-order chi connectivity index (χ1) is 1.73. The van der Waals surface area contributed by atoms with Gasteiger partial charge in [-0.1, -0.05) is 0 Å². The van der Waals surface area contributed by atoms with E-state index in [2.05, 4.69) is 0 Å². The standard InChI is InChI=1S/C2H4O2.Ca.ClH.Na.3H/c1-2(3)4;;;;;;/h1H3,(H,3,4);;1H;;;;/q;+2;;+1;3*-1. The molecule has 0 spiro atoms. The first-order valence-electron chi connectivity index (χ1n) is 0.928. The molecule has 0 unspecified atom stereocenters. The Labute approximate surface area is 105 Å². The SMILES string of the molecule is CC(=O)O.Cl.[Ca+2].[H-].[H-].[H-].[Na+]. The third-order valence-electron chi connectivity index (χ3n) is 0. The van der Waals surface area contributed by atoms with Gasteiger partial charge in [0.05, 0.1) is 0 Å². The van der Waals surface area contributed by atoms with E-state index in [0.29, 0.717) is 0 Å². The Bertz CT molecular complexity index is 47.5. The second kappa shape index (κ2) is 15.7. The number of carboxylic acids is 1. The summed E-state index contributed by atoms with van der Waals surface area (Å²) in [4.78, 5) is 9.00. The van der Waals surface area contributed by atoms with Gasteiger partial charge in [0, 0.05) is 6.92 Å². The Morgan fingerprint density at radius 1 is 1.71 bits per heavy atom.